The quantitative estimate of drug-likeness (QED) is 0.726. The van der Waals surface area contributed by atoms with Crippen LogP contribution in [0.3, 0.4) is 0 Å². The lowest BCUT2D eigenvalue weighted by atomic mass is 9.92. The number of amides is 1. The van der Waals surface area contributed by atoms with Crippen molar-refractivity contribution in [1.82, 2.24) is 20.1 Å². The number of rotatable bonds is 4. The first-order valence-corrected chi connectivity index (χ1v) is 10.4. The number of hydrogen-bond acceptors (Lipinski definition) is 4. The van der Waals surface area contributed by atoms with Crippen LogP contribution < -0.4 is 4.74 Å². The number of aromatic amines is 1. The van der Waals surface area contributed by atoms with E-state index in [0.717, 1.165) is 59.4 Å². The molecule has 0 spiro atoms. The van der Waals surface area contributed by atoms with Gasteiger partial charge < -0.3 is 9.64 Å². The average molecular weight is 390 g/mol. The number of piperidine rings is 1. The summed E-state index contributed by atoms with van der Waals surface area (Å²) in [4.78, 5) is 19.4. The lowest BCUT2D eigenvalue weighted by Crippen LogP contribution is -2.38. The van der Waals surface area contributed by atoms with Gasteiger partial charge >= 0.3 is 0 Å². The molecule has 1 aromatic carbocycles. The summed E-state index contributed by atoms with van der Waals surface area (Å²) in [7, 11) is 1.70. The second-order valence-corrected chi connectivity index (χ2v) is 8.33. The van der Waals surface area contributed by atoms with Crippen LogP contribution in [0.5, 0.6) is 5.75 Å². The molecule has 1 saturated carbocycles. The maximum absolute atomic E-state index is 12.8. The van der Waals surface area contributed by atoms with E-state index in [1.807, 2.05) is 24.1 Å². The molecule has 3 aromatic rings. The van der Waals surface area contributed by atoms with Gasteiger partial charge in [-0.2, -0.15) is 5.10 Å². The molecule has 2 aromatic heterocycles. The third kappa shape index (κ3) is 3.48. The Kier molecular flexibility index (Phi) is 4.49. The van der Waals surface area contributed by atoms with E-state index in [-0.39, 0.29) is 5.91 Å². The summed E-state index contributed by atoms with van der Waals surface area (Å²) < 4.78 is 5.47. The first-order chi connectivity index (χ1) is 14.1. The van der Waals surface area contributed by atoms with Gasteiger partial charge in [-0.1, -0.05) is 0 Å². The van der Waals surface area contributed by atoms with E-state index >= 15 is 0 Å². The molecule has 0 radical (unpaired) electrons. The van der Waals surface area contributed by atoms with Crippen molar-refractivity contribution in [2.45, 2.75) is 44.4 Å². The van der Waals surface area contributed by atoms with Crippen LogP contribution in [0.15, 0.2) is 30.5 Å². The summed E-state index contributed by atoms with van der Waals surface area (Å²) in [5.74, 6) is 1.89. The van der Waals surface area contributed by atoms with E-state index < -0.39 is 0 Å². The number of hydrogen-bond donors (Lipinski definition) is 1. The van der Waals surface area contributed by atoms with Gasteiger partial charge in [-0.25, -0.2) is 0 Å². The largest absolute Gasteiger partial charge is 0.496 e. The highest BCUT2D eigenvalue weighted by atomic mass is 16.5. The lowest BCUT2D eigenvalue weighted by molar-refractivity contribution is 0.0706. The van der Waals surface area contributed by atoms with E-state index in [0.29, 0.717) is 17.5 Å². The van der Waals surface area contributed by atoms with Gasteiger partial charge in [0.05, 0.1) is 7.11 Å². The van der Waals surface area contributed by atoms with Crippen molar-refractivity contribution in [3.8, 4) is 5.75 Å². The van der Waals surface area contributed by atoms with Gasteiger partial charge in [-0.05, 0) is 67.8 Å². The molecular weight excluding hydrogens is 364 g/mol. The average Bonchev–Trinajstić information content (AvgIpc) is 3.49. The lowest BCUT2D eigenvalue weighted by Gasteiger charge is -2.31. The molecule has 1 saturated heterocycles. The van der Waals surface area contributed by atoms with Gasteiger partial charge in [0.15, 0.2) is 0 Å². The second kappa shape index (κ2) is 7.17. The van der Waals surface area contributed by atoms with Crippen molar-refractivity contribution in [1.29, 1.82) is 0 Å². The smallest absolute Gasteiger partial charge is 0.274 e. The Bertz CT molecular complexity index is 1060. The van der Waals surface area contributed by atoms with Gasteiger partial charge in [0.25, 0.3) is 5.91 Å². The minimum absolute atomic E-state index is 0.0401. The van der Waals surface area contributed by atoms with Crippen LogP contribution in [0.2, 0.25) is 0 Å². The van der Waals surface area contributed by atoms with E-state index in [1.165, 1.54) is 12.8 Å². The maximum Gasteiger partial charge on any atom is 0.274 e. The molecule has 6 heteroatoms. The Hall–Kier alpha value is -2.89. The zero-order valence-electron chi connectivity index (χ0n) is 16.9. The van der Waals surface area contributed by atoms with Crippen LogP contribution in [0, 0.1) is 6.92 Å². The summed E-state index contributed by atoms with van der Waals surface area (Å²) in [6, 6.07) is 8.32. The number of ether oxygens (including phenoxy) is 1. The Balaban J connectivity index is 1.28. The van der Waals surface area contributed by atoms with Crippen LogP contribution in [0.25, 0.3) is 10.8 Å². The zero-order valence-corrected chi connectivity index (χ0v) is 16.9. The minimum Gasteiger partial charge on any atom is -0.496 e. The highest BCUT2D eigenvalue weighted by molar-refractivity contribution is 5.92. The summed E-state index contributed by atoms with van der Waals surface area (Å²) in [6.45, 7) is 3.53. The van der Waals surface area contributed by atoms with Crippen molar-refractivity contribution in [3.05, 3.63) is 53.1 Å². The van der Waals surface area contributed by atoms with Crippen molar-refractivity contribution < 1.29 is 9.53 Å². The summed E-state index contributed by atoms with van der Waals surface area (Å²) in [6.07, 6.45) is 6.20. The molecule has 1 amide bonds. The van der Waals surface area contributed by atoms with Gasteiger partial charge in [-0.15, -0.1) is 0 Å². The van der Waals surface area contributed by atoms with Crippen LogP contribution >= 0.6 is 0 Å². The Morgan fingerprint density at radius 1 is 1.07 bits per heavy atom. The fourth-order valence-electron chi connectivity index (χ4n) is 4.34. The fourth-order valence-corrected chi connectivity index (χ4v) is 4.34. The van der Waals surface area contributed by atoms with Crippen molar-refractivity contribution >= 4 is 16.7 Å². The molecule has 6 nitrogen and oxygen atoms in total. The fraction of sp³-hybridized carbons (Fsp3) is 0.435. The molecule has 1 aliphatic carbocycles. The molecule has 2 aliphatic rings. The van der Waals surface area contributed by atoms with Crippen molar-refractivity contribution in [2.24, 2.45) is 0 Å². The van der Waals surface area contributed by atoms with Crippen LogP contribution in [-0.2, 0) is 0 Å². The topological polar surface area (TPSA) is 71.1 Å². The number of aryl methyl sites for hydroxylation is 1. The molecule has 0 atom stereocenters. The first-order valence-electron chi connectivity index (χ1n) is 10.4. The number of fused-ring (bicyclic) bond motifs is 1. The summed E-state index contributed by atoms with van der Waals surface area (Å²) in [5, 5.41) is 9.56. The number of carbonyl (C=O) groups excluding carboxylic acids is 1. The van der Waals surface area contributed by atoms with Crippen molar-refractivity contribution in [3.63, 3.8) is 0 Å². The Morgan fingerprint density at radius 3 is 2.59 bits per heavy atom. The predicted molar refractivity (Wildman–Crippen MR) is 111 cm³/mol. The van der Waals surface area contributed by atoms with Gasteiger partial charge in [0.1, 0.15) is 11.4 Å². The SMILES string of the molecule is COc1cc2cc(C3CCN(C(=O)c4cc(C5CC5)[nH]n4)CC3)ncc2cc1C. The van der Waals surface area contributed by atoms with Gasteiger partial charge in [0, 0.05) is 47.9 Å². The zero-order chi connectivity index (χ0) is 20.0. The molecule has 0 bridgehead atoms. The number of likely N-dealkylation sites (tertiary alicyclic amines) is 1. The maximum atomic E-state index is 12.8. The first kappa shape index (κ1) is 18.2. The number of benzene rings is 1. The number of aromatic nitrogens is 3. The molecule has 1 aliphatic heterocycles. The molecule has 2 fully saturated rings. The highest BCUT2D eigenvalue weighted by Gasteiger charge is 2.29. The van der Waals surface area contributed by atoms with Crippen LogP contribution in [0.4, 0.5) is 0 Å². The van der Waals surface area contributed by atoms with E-state index in [4.69, 9.17) is 9.72 Å². The number of nitrogens with one attached hydrogen (secondary N) is 1. The van der Waals surface area contributed by atoms with Gasteiger partial charge in [0.2, 0.25) is 0 Å². The molecular formula is C23H26N4O2. The Morgan fingerprint density at radius 2 is 1.86 bits per heavy atom. The summed E-state index contributed by atoms with van der Waals surface area (Å²) in [5.41, 5.74) is 3.88. The predicted octanol–water partition coefficient (Wildman–Crippen LogP) is 4.17. The number of pyridine rings is 1. The van der Waals surface area contributed by atoms with E-state index in [9.17, 15) is 4.79 Å². The molecule has 5 rings (SSSR count). The minimum atomic E-state index is 0.0401. The molecule has 0 unspecified atom stereocenters. The molecule has 150 valence electrons. The normalized spacial score (nSPS) is 17.7. The van der Waals surface area contributed by atoms with Gasteiger partial charge in [-0.3, -0.25) is 14.9 Å². The summed E-state index contributed by atoms with van der Waals surface area (Å²) >= 11 is 0. The Labute approximate surface area is 170 Å². The molecule has 3 heterocycles. The molecule has 1 N–H and O–H groups in total. The second-order valence-electron chi connectivity index (χ2n) is 8.33. The van der Waals surface area contributed by atoms with E-state index in [2.05, 4.69) is 28.4 Å². The monoisotopic (exact) mass is 390 g/mol. The number of H-pyrrole nitrogens is 1. The molecule has 29 heavy (non-hydrogen) atoms. The van der Waals surface area contributed by atoms with E-state index in [1.54, 1.807) is 7.11 Å². The third-order valence-corrected chi connectivity index (χ3v) is 6.29. The number of carbonyl (C=O) groups is 1. The number of methoxy groups -OCH3 is 1. The van der Waals surface area contributed by atoms with Crippen LogP contribution in [0.1, 0.15) is 65.0 Å². The third-order valence-electron chi connectivity index (χ3n) is 6.29. The van der Waals surface area contributed by atoms with Crippen LogP contribution in [-0.4, -0.2) is 46.2 Å². The van der Waals surface area contributed by atoms with Crippen molar-refractivity contribution in [2.75, 3.05) is 20.2 Å². The standard InChI is InChI=1S/C23H26N4O2/c1-14-9-18-13-24-19(10-17(18)11-22(14)29-2)16-5-7-27(8-6-16)23(28)21-12-20(25-26-21)15-3-4-15/h9-13,15-16H,3-8H2,1-2H3,(H,25,26). The number of nitrogens with zero attached hydrogens (tertiary/aromatic N) is 3. The highest BCUT2D eigenvalue weighted by Crippen LogP contribution is 2.39.